The summed E-state index contributed by atoms with van der Waals surface area (Å²) in [6, 6.07) is 13.4. The van der Waals surface area contributed by atoms with Crippen molar-refractivity contribution in [2.45, 2.75) is 12.5 Å². The first-order valence-corrected chi connectivity index (χ1v) is 12.1. The second-order valence-corrected chi connectivity index (χ2v) is 10.1. The van der Waals surface area contributed by atoms with Crippen molar-refractivity contribution in [1.29, 1.82) is 0 Å². The summed E-state index contributed by atoms with van der Waals surface area (Å²) in [6.45, 7) is 0. The third kappa shape index (κ3) is 4.63. The minimum atomic E-state index is -3.59. The lowest BCUT2D eigenvalue weighted by molar-refractivity contribution is 0.374. The fourth-order valence-electron chi connectivity index (χ4n) is 3.02. The van der Waals surface area contributed by atoms with Gasteiger partial charge in [0.15, 0.2) is 0 Å². The maximum atomic E-state index is 12.3. The van der Waals surface area contributed by atoms with Crippen LogP contribution in [0.5, 0.6) is 5.75 Å². The van der Waals surface area contributed by atoms with Gasteiger partial charge in [0.25, 0.3) is 0 Å². The lowest BCUT2D eigenvalue weighted by Crippen LogP contribution is -2.25. The van der Waals surface area contributed by atoms with E-state index in [0.717, 1.165) is 22.5 Å². The van der Waals surface area contributed by atoms with Crippen LogP contribution >= 0.6 is 0 Å². The topological polar surface area (TPSA) is 105 Å². The number of rotatable bonds is 6. The van der Waals surface area contributed by atoms with Gasteiger partial charge in [0, 0.05) is 12.1 Å². The zero-order valence-electron chi connectivity index (χ0n) is 15.7. The van der Waals surface area contributed by atoms with Gasteiger partial charge in [-0.25, -0.2) is 16.8 Å². The summed E-state index contributed by atoms with van der Waals surface area (Å²) in [5, 5.41) is 4.32. The van der Waals surface area contributed by atoms with Crippen LogP contribution in [-0.4, -0.2) is 46.6 Å². The normalized spacial score (nSPS) is 17.3. The Hall–Kier alpha value is -2.59. The molecule has 0 saturated heterocycles. The van der Waals surface area contributed by atoms with E-state index < -0.39 is 26.1 Å². The molecule has 0 spiro atoms. The molecule has 1 heterocycles. The third-order valence-electron chi connectivity index (χ3n) is 4.21. The number of sulfonamides is 2. The van der Waals surface area contributed by atoms with Crippen molar-refractivity contribution in [3.05, 3.63) is 59.7 Å². The number of anilines is 1. The Bertz CT molecular complexity index is 1110. The van der Waals surface area contributed by atoms with E-state index in [9.17, 15) is 16.8 Å². The molecule has 0 fully saturated rings. The van der Waals surface area contributed by atoms with Crippen molar-refractivity contribution in [1.82, 2.24) is 4.41 Å². The molecule has 3 rings (SSSR count). The maximum absolute atomic E-state index is 12.3. The van der Waals surface area contributed by atoms with Gasteiger partial charge in [-0.3, -0.25) is 4.72 Å². The Kier molecular flexibility index (Phi) is 5.35. The van der Waals surface area contributed by atoms with E-state index in [4.69, 9.17) is 4.74 Å². The monoisotopic (exact) mass is 423 g/mol. The molecule has 0 unspecified atom stereocenters. The smallest absolute Gasteiger partial charge is 0.247 e. The Morgan fingerprint density at radius 2 is 1.75 bits per heavy atom. The van der Waals surface area contributed by atoms with Crippen LogP contribution < -0.4 is 9.46 Å². The molecule has 28 heavy (non-hydrogen) atoms. The summed E-state index contributed by atoms with van der Waals surface area (Å²) in [6.07, 6.45) is 2.54. The van der Waals surface area contributed by atoms with Gasteiger partial charge in [0.2, 0.25) is 20.0 Å². The molecular formula is C18H21N3O5S2. The molecule has 0 bridgehead atoms. The first-order chi connectivity index (χ1) is 13.1. The SMILES string of the molecule is COc1ccc([C@H]2CC(c3cccc(NS(C)(=O)=O)c3)=NN2S(C)(=O)=O)cc1. The Morgan fingerprint density at radius 3 is 2.32 bits per heavy atom. The third-order valence-corrected chi connectivity index (χ3v) is 5.83. The van der Waals surface area contributed by atoms with Crippen molar-refractivity contribution < 1.29 is 21.6 Å². The van der Waals surface area contributed by atoms with Gasteiger partial charge in [0.05, 0.1) is 31.4 Å². The average Bonchev–Trinajstić information content (AvgIpc) is 3.06. The second kappa shape index (κ2) is 7.44. The number of hydrogen-bond donors (Lipinski definition) is 1. The molecule has 0 aromatic heterocycles. The highest BCUT2D eigenvalue weighted by molar-refractivity contribution is 7.92. The summed E-state index contributed by atoms with van der Waals surface area (Å²) in [7, 11) is -5.45. The van der Waals surface area contributed by atoms with Crippen LogP contribution in [0.25, 0.3) is 0 Å². The van der Waals surface area contributed by atoms with Crippen molar-refractivity contribution in [2.75, 3.05) is 24.3 Å². The largest absolute Gasteiger partial charge is 0.497 e. The number of benzene rings is 2. The average molecular weight is 424 g/mol. The molecule has 1 N–H and O–H groups in total. The van der Waals surface area contributed by atoms with Crippen LogP contribution in [0.2, 0.25) is 0 Å². The van der Waals surface area contributed by atoms with E-state index in [1.54, 1.807) is 43.5 Å². The molecule has 0 saturated carbocycles. The van der Waals surface area contributed by atoms with E-state index >= 15 is 0 Å². The molecule has 2 aromatic rings. The van der Waals surface area contributed by atoms with Crippen LogP contribution in [0, 0.1) is 0 Å². The molecular weight excluding hydrogens is 402 g/mol. The molecule has 10 heteroatoms. The van der Waals surface area contributed by atoms with Gasteiger partial charge in [-0.15, -0.1) is 0 Å². The molecule has 0 amide bonds. The second-order valence-electron chi connectivity index (χ2n) is 6.53. The first kappa shape index (κ1) is 20.2. The van der Waals surface area contributed by atoms with E-state index in [2.05, 4.69) is 9.82 Å². The van der Waals surface area contributed by atoms with Crippen molar-refractivity contribution in [3.8, 4) is 5.75 Å². The van der Waals surface area contributed by atoms with Gasteiger partial charge in [0.1, 0.15) is 5.75 Å². The van der Waals surface area contributed by atoms with Gasteiger partial charge in [-0.2, -0.15) is 9.52 Å². The highest BCUT2D eigenvalue weighted by Crippen LogP contribution is 2.35. The number of nitrogens with one attached hydrogen (secondary N) is 1. The van der Waals surface area contributed by atoms with Gasteiger partial charge in [-0.1, -0.05) is 24.3 Å². The molecule has 1 atom stereocenters. The zero-order chi connectivity index (χ0) is 20.5. The Balaban J connectivity index is 1.96. The van der Waals surface area contributed by atoms with Gasteiger partial charge < -0.3 is 4.74 Å². The first-order valence-electron chi connectivity index (χ1n) is 8.36. The quantitative estimate of drug-likeness (QED) is 0.767. The fourth-order valence-corrected chi connectivity index (χ4v) is 4.48. The zero-order valence-corrected chi connectivity index (χ0v) is 17.3. The molecule has 1 aliphatic rings. The molecule has 2 aromatic carbocycles. The molecule has 8 nitrogen and oxygen atoms in total. The van der Waals surface area contributed by atoms with Crippen molar-refractivity contribution in [2.24, 2.45) is 5.10 Å². The summed E-state index contributed by atoms with van der Waals surface area (Å²) < 4.78 is 56.1. The highest BCUT2D eigenvalue weighted by Gasteiger charge is 2.34. The predicted octanol–water partition coefficient (Wildman–Crippen LogP) is 2.18. The standard InChI is InChI=1S/C18H21N3O5S2/c1-26-16-9-7-13(8-10-16)18-12-17(19-21(18)28(3,24)25)14-5-4-6-15(11-14)20-27(2,22)23/h4-11,18,20H,12H2,1-3H3/t18-/m1/s1. The van der Waals surface area contributed by atoms with Crippen molar-refractivity contribution in [3.63, 3.8) is 0 Å². The van der Waals surface area contributed by atoms with Crippen LogP contribution in [0.4, 0.5) is 5.69 Å². The van der Waals surface area contributed by atoms with E-state index in [1.165, 1.54) is 0 Å². The number of hydrogen-bond acceptors (Lipinski definition) is 6. The lowest BCUT2D eigenvalue weighted by atomic mass is 9.99. The van der Waals surface area contributed by atoms with Gasteiger partial charge in [-0.05, 0) is 35.4 Å². The fraction of sp³-hybridized carbons (Fsp3) is 0.278. The molecule has 0 radical (unpaired) electrons. The minimum Gasteiger partial charge on any atom is -0.497 e. The van der Waals surface area contributed by atoms with Crippen LogP contribution in [0.3, 0.4) is 0 Å². The number of hydrazone groups is 1. The summed E-state index contributed by atoms with van der Waals surface area (Å²) >= 11 is 0. The summed E-state index contributed by atoms with van der Waals surface area (Å²) in [5.41, 5.74) is 2.39. The van der Waals surface area contributed by atoms with E-state index in [1.807, 2.05) is 12.1 Å². The van der Waals surface area contributed by atoms with Crippen molar-refractivity contribution >= 4 is 31.4 Å². The van der Waals surface area contributed by atoms with E-state index in [-0.39, 0.29) is 0 Å². The number of ether oxygens (including phenoxy) is 1. The molecule has 1 aliphatic heterocycles. The molecule has 150 valence electrons. The summed E-state index contributed by atoms with van der Waals surface area (Å²) in [4.78, 5) is 0. The van der Waals surface area contributed by atoms with E-state index in [0.29, 0.717) is 29.1 Å². The maximum Gasteiger partial charge on any atom is 0.247 e. The van der Waals surface area contributed by atoms with Crippen LogP contribution in [0.1, 0.15) is 23.6 Å². The minimum absolute atomic E-state index is 0.363. The number of nitrogens with zero attached hydrogens (tertiary/aromatic N) is 2. The van der Waals surface area contributed by atoms with Crippen LogP contribution in [0.15, 0.2) is 53.6 Å². The highest BCUT2D eigenvalue weighted by atomic mass is 32.2. The predicted molar refractivity (Wildman–Crippen MR) is 108 cm³/mol. The number of methoxy groups -OCH3 is 1. The van der Waals surface area contributed by atoms with Crippen LogP contribution in [-0.2, 0) is 20.0 Å². The Morgan fingerprint density at radius 1 is 1.07 bits per heavy atom. The van der Waals surface area contributed by atoms with Gasteiger partial charge >= 0.3 is 0 Å². The lowest BCUT2D eigenvalue weighted by Gasteiger charge is -2.21. The summed E-state index contributed by atoms with van der Waals surface area (Å²) in [5.74, 6) is 0.674. The molecule has 0 aliphatic carbocycles. The Labute approximate surface area is 164 Å².